The Morgan fingerprint density at radius 2 is 2.04 bits per heavy atom. The van der Waals surface area contributed by atoms with Crippen LogP contribution in [0.4, 0.5) is 0 Å². The van der Waals surface area contributed by atoms with Gasteiger partial charge in [0.15, 0.2) is 11.0 Å². The number of thioether (sulfide) groups is 1. The van der Waals surface area contributed by atoms with Crippen molar-refractivity contribution in [2.75, 3.05) is 19.4 Å². The van der Waals surface area contributed by atoms with E-state index in [2.05, 4.69) is 22.1 Å². The molecule has 0 radical (unpaired) electrons. The molecule has 0 aliphatic rings. The van der Waals surface area contributed by atoms with Gasteiger partial charge in [-0.2, -0.15) is 0 Å². The Morgan fingerprint density at radius 3 is 2.78 bits per heavy atom. The molecule has 0 saturated carbocycles. The van der Waals surface area contributed by atoms with Crippen LogP contribution in [0.25, 0.3) is 17.1 Å². The van der Waals surface area contributed by atoms with Gasteiger partial charge >= 0.3 is 0 Å². The van der Waals surface area contributed by atoms with Crippen molar-refractivity contribution in [3.8, 4) is 22.8 Å². The fourth-order valence-electron chi connectivity index (χ4n) is 2.49. The number of methoxy groups -OCH3 is 1. The first-order valence-corrected chi connectivity index (χ1v) is 9.37. The molecule has 0 aliphatic heterocycles. The summed E-state index contributed by atoms with van der Waals surface area (Å²) >= 11 is 1.34. The van der Waals surface area contributed by atoms with E-state index in [0.29, 0.717) is 17.5 Å². The van der Waals surface area contributed by atoms with Crippen LogP contribution < -0.4 is 10.1 Å². The average Bonchev–Trinajstić information content (AvgIpc) is 3.15. The average molecular weight is 380 g/mol. The summed E-state index contributed by atoms with van der Waals surface area (Å²) in [6.07, 6.45) is 1.65. The Balaban J connectivity index is 1.96. The number of nitrogens with zero attached hydrogens (tertiary/aromatic N) is 3. The zero-order valence-corrected chi connectivity index (χ0v) is 15.8. The Bertz CT molecular complexity index is 925. The van der Waals surface area contributed by atoms with Crippen LogP contribution in [0, 0.1) is 0 Å². The molecule has 0 bridgehead atoms. The molecule has 0 spiro atoms. The predicted octanol–water partition coefficient (Wildman–Crippen LogP) is 3.34. The van der Waals surface area contributed by atoms with Gasteiger partial charge in [0.25, 0.3) is 0 Å². The molecule has 0 aliphatic carbocycles. The lowest BCUT2D eigenvalue weighted by Gasteiger charge is -2.11. The first-order chi connectivity index (χ1) is 13.2. The van der Waals surface area contributed by atoms with Crippen LogP contribution in [0.5, 0.6) is 5.75 Å². The SMILES string of the molecule is C=CCNC(=O)CSc1nnc(-c2cccc(OC)c2)n1-c1ccccc1. The number of nitrogens with one attached hydrogen (secondary N) is 1. The zero-order chi connectivity index (χ0) is 19.1. The topological polar surface area (TPSA) is 69.0 Å². The molecule has 2 aromatic carbocycles. The fraction of sp³-hybridized carbons (Fsp3) is 0.150. The van der Waals surface area contributed by atoms with Crippen LogP contribution in [0.3, 0.4) is 0 Å². The number of carbonyl (C=O) groups is 1. The van der Waals surface area contributed by atoms with Gasteiger partial charge < -0.3 is 10.1 Å². The first kappa shape index (κ1) is 18.7. The van der Waals surface area contributed by atoms with E-state index in [0.717, 1.165) is 17.0 Å². The largest absolute Gasteiger partial charge is 0.497 e. The number of rotatable bonds is 8. The standard InChI is InChI=1S/C20H20N4O2S/c1-3-12-21-18(25)14-27-20-23-22-19(15-8-7-11-17(13-15)26-2)24(20)16-9-5-4-6-10-16/h3-11,13H,1,12,14H2,2H3,(H,21,25). The van der Waals surface area contributed by atoms with E-state index in [-0.39, 0.29) is 11.7 Å². The number of ether oxygens (including phenoxy) is 1. The Labute approximate surface area is 162 Å². The van der Waals surface area contributed by atoms with Crippen LogP contribution in [0.1, 0.15) is 0 Å². The van der Waals surface area contributed by atoms with Gasteiger partial charge in [-0.15, -0.1) is 16.8 Å². The highest BCUT2D eigenvalue weighted by atomic mass is 32.2. The predicted molar refractivity (Wildman–Crippen MR) is 107 cm³/mol. The maximum Gasteiger partial charge on any atom is 0.230 e. The molecule has 1 N–H and O–H groups in total. The lowest BCUT2D eigenvalue weighted by Crippen LogP contribution is -2.25. The molecular weight excluding hydrogens is 360 g/mol. The molecule has 0 unspecified atom stereocenters. The third-order valence-electron chi connectivity index (χ3n) is 3.75. The lowest BCUT2D eigenvalue weighted by molar-refractivity contribution is -0.118. The smallest absolute Gasteiger partial charge is 0.230 e. The molecule has 0 saturated heterocycles. The summed E-state index contributed by atoms with van der Waals surface area (Å²) in [6, 6.07) is 17.5. The normalized spacial score (nSPS) is 10.4. The van der Waals surface area contributed by atoms with E-state index in [1.54, 1.807) is 13.2 Å². The van der Waals surface area contributed by atoms with Gasteiger partial charge in [-0.3, -0.25) is 9.36 Å². The molecule has 138 valence electrons. The van der Waals surface area contributed by atoms with Crippen molar-refractivity contribution in [3.63, 3.8) is 0 Å². The number of aromatic nitrogens is 3. The van der Waals surface area contributed by atoms with Crippen LogP contribution in [0.15, 0.2) is 72.4 Å². The molecule has 7 heteroatoms. The van der Waals surface area contributed by atoms with Crippen LogP contribution in [-0.4, -0.2) is 40.1 Å². The summed E-state index contributed by atoms with van der Waals surface area (Å²) < 4.78 is 7.27. The van der Waals surface area contributed by atoms with Crippen molar-refractivity contribution >= 4 is 17.7 Å². The maximum atomic E-state index is 11.9. The van der Waals surface area contributed by atoms with E-state index < -0.39 is 0 Å². The third kappa shape index (κ3) is 4.57. The molecule has 1 aromatic heterocycles. The van der Waals surface area contributed by atoms with Gasteiger partial charge in [0, 0.05) is 17.8 Å². The van der Waals surface area contributed by atoms with E-state index in [9.17, 15) is 4.79 Å². The summed E-state index contributed by atoms with van der Waals surface area (Å²) in [7, 11) is 1.63. The van der Waals surface area contributed by atoms with Crippen molar-refractivity contribution in [3.05, 3.63) is 67.3 Å². The molecule has 3 aromatic rings. The summed E-state index contributed by atoms with van der Waals surface area (Å²) in [4.78, 5) is 11.9. The Morgan fingerprint density at radius 1 is 1.22 bits per heavy atom. The number of amides is 1. The number of para-hydroxylation sites is 1. The number of carbonyl (C=O) groups excluding carboxylic acids is 1. The van der Waals surface area contributed by atoms with Gasteiger partial charge in [0.1, 0.15) is 5.75 Å². The van der Waals surface area contributed by atoms with E-state index in [4.69, 9.17) is 4.74 Å². The third-order valence-corrected chi connectivity index (χ3v) is 4.68. The fourth-order valence-corrected chi connectivity index (χ4v) is 3.27. The van der Waals surface area contributed by atoms with Crippen molar-refractivity contribution in [2.45, 2.75) is 5.16 Å². The van der Waals surface area contributed by atoms with E-state index in [1.807, 2.05) is 59.2 Å². The van der Waals surface area contributed by atoms with Crippen molar-refractivity contribution in [1.29, 1.82) is 0 Å². The monoisotopic (exact) mass is 380 g/mol. The number of hydrogen-bond donors (Lipinski definition) is 1. The van der Waals surface area contributed by atoms with E-state index >= 15 is 0 Å². The van der Waals surface area contributed by atoms with Crippen LogP contribution >= 0.6 is 11.8 Å². The van der Waals surface area contributed by atoms with Crippen molar-refractivity contribution < 1.29 is 9.53 Å². The highest BCUT2D eigenvalue weighted by Gasteiger charge is 2.17. The summed E-state index contributed by atoms with van der Waals surface area (Å²) in [6.45, 7) is 4.04. The van der Waals surface area contributed by atoms with Gasteiger partial charge in [0.05, 0.1) is 12.9 Å². The molecule has 27 heavy (non-hydrogen) atoms. The zero-order valence-electron chi connectivity index (χ0n) is 15.0. The highest BCUT2D eigenvalue weighted by molar-refractivity contribution is 7.99. The Kier molecular flexibility index (Phi) is 6.27. The minimum atomic E-state index is -0.0783. The van der Waals surface area contributed by atoms with Gasteiger partial charge in [-0.1, -0.05) is 48.2 Å². The minimum absolute atomic E-state index is 0.0783. The molecule has 6 nitrogen and oxygen atoms in total. The molecule has 0 atom stereocenters. The van der Waals surface area contributed by atoms with Crippen molar-refractivity contribution in [2.24, 2.45) is 0 Å². The maximum absolute atomic E-state index is 11.9. The second-order valence-corrected chi connectivity index (χ2v) is 6.53. The van der Waals surface area contributed by atoms with Gasteiger partial charge in [-0.25, -0.2) is 0 Å². The second-order valence-electron chi connectivity index (χ2n) is 5.59. The quantitative estimate of drug-likeness (QED) is 0.479. The minimum Gasteiger partial charge on any atom is -0.497 e. The summed E-state index contributed by atoms with van der Waals surface area (Å²) in [5, 5.41) is 12.1. The highest BCUT2D eigenvalue weighted by Crippen LogP contribution is 2.29. The van der Waals surface area contributed by atoms with Crippen LogP contribution in [0.2, 0.25) is 0 Å². The molecule has 3 rings (SSSR count). The lowest BCUT2D eigenvalue weighted by atomic mass is 10.2. The first-order valence-electron chi connectivity index (χ1n) is 8.38. The summed E-state index contributed by atoms with van der Waals surface area (Å²) in [5.41, 5.74) is 1.81. The summed E-state index contributed by atoms with van der Waals surface area (Å²) in [5.74, 6) is 1.60. The molecule has 1 heterocycles. The molecule has 0 fully saturated rings. The molecule has 1 amide bonds. The number of hydrogen-bond acceptors (Lipinski definition) is 5. The van der Waals surface area contributed by atoms with E-state index in [1.165, 1.54) is 11.8 Å². The Hall–Kier alpha value is -3.06. The second kappa shape index (κ2) is 9.05. The molecular formula is C20H20N4O2S. The van der Waals surface area contributed by atoms with Gasteiger partial charge in [0.2, 0.25) is 5.91 Å². The van der Waals surface area contributed by atoms with Crippen LogP contribution in [-0.2, 0) is 4.79 Å². The van der Waals surface area contributed by atoms with Gasteiger partial charge in [-0.05, 0) is 24.3 Å². The van der Waals surface area contributed by atoms with Crippen molar-refractivity contribution in [1.82, 2.24) is 20.1 Å². The number of benzene rings is 2.